The molecule has 0 heterocycles. The fourth-order valence-electron chi connectivity index (χ4n) is 1.96. The summed E-state index contributed by atoms with van der Waals surface area (Å²) in [4.78, 5) is 23.2. The molecule has 2 rings (SSSR count). The van der Waals surface area contributed by atoms with E-state index in [9.17, 15) is 14.7 Å². The summed E-state index contributed by atoms with van der Waals surface area (Å²) in [6.07, 6.45) is 0. The van der Waals surface area contributed by atoms with Crippen LogP contribution in [0.1, 0.15) is 20.7 Å². The van der Waals surface area contributed by atoms with Gasteiger partial charge in [0.25, 0.3) is 5.91 Å². The molecule has 0 fully saturated rings. The van der Waals surface area contributed by atoms with Crippen LogP contribution in [0.2, 0.25) is 0 Å². The van der Waals surface area contributed by atoms with Gasteiger partial charge in [-0.3, -0.25) is 4.79 Å². The summed E-state index contributed by atoms with van der Waals surface area (Å²) in [6, 6.07) is 7.88. The molecule has 0 bridgehead atoms. The molecule has 0 aliphatic heterocycles. The number of benzene rings is 2. The number of rotatable bonds is 2. The molecule has 0 aromatic heterocycles. The maximum atomic E-state index is 11.7. The normalized spacial score (nSPS) is 10.2. The topological polar surface area (TPSA) is 75.6 Å². The van der Waals surface area contributed by atoms with Crippen LogP contribution in [-0.4, -0.2) is 31.1 Å². The third kappa shape index (κ3) is 2.22. The van der Waals surface area contributed by atoms with E-state index >= 15 is 0 Å². The Kier molecular flexibility index (Phi) is 3.37. The average Bonchev–Trinajstić information content (AvgIpc) is 2.44. The number of carbonyl (C=O) groups excluding carboxylic acids is 2. The molecule has 5 heteroatoms. The van der Waals surface area contributed by atoms with Crippen LogP contribution < -0.4 is 5.32 Å². The summed E-state index contributed by atoms with van der Waals surface area (Å²) >= 11 is 0. The number of esters is 1. The highest BCUT2D eigenvalue weighted by Crippen LogP contribution is 2.30. The molecular weight excluding hydrogens is 246 g/mol. The predicted octanol–water partition coefficient (Wildman–Crippen LogP) is 1.69. The second-order valence-electron chi connectivity index (χ2n) is 3.97. The van der Waals surface area contributed by atoms with Crippen LogP contribution in [0.25, 0.3) is 10.8 Å². The number of ether oxygens (including phenoxy) is 1. The lowest BCUT2D eigenvalue weighted by Gasteiger charge is -2.09. The molecule has 0 atom stereocenters. The van der Waals surface area contributed by atoms with Gasteiger partial charge in [0.1, 0.15) is 5.75 Å². The van der Waals surface area contributed by atoms with Crippen LogP contribution in [0.5, 0.6) is 5.75 Å². The lowest BCUT2D eigenvalue weighted by Crippen LogP contribution is -2.18. The van der Waals surface area contributed by atoms with E-state index in [1.807, 2.05) is 0 Å². The van der Waals surface area contributed by atoms with E-state index in [0.717, 1.165) is 0 Å². The second kappa shape index (κ2) is 4.97. The minimum absolute atomic E-state index is 0.128. The number of phenolic OH excluding ortho intramolecular Hbond substituents is 1. The molecule has 0 saturated heterocycles. The summed E-state index contributed by atoms with van der Waals surface area (Å²) in [6.45, 7) is 0. The van der Waals surface area contributed by atoms with Gasteiger partial charge in [-0.1, -0.05) is 12.1 Å². The van der Waals surface area contributed by atoms with E-state index in [-0.39, 0.29) is 17.2 Å². The molecule has 1 amide bonds. The average molecular weight is 259 g/mol. The molecule has 2 aromatic rings. The molecule has 0 aliphatic rings. The Hall–Kier alpha value is -2.56. The Labute approximate surface area is 109 Å². The third-order valence-electron chi connectivity index (χ3n) is 2.85. The number of methoxy groups -OCH3 is 1. The Balaban J connectivity index is 2.72. The van der Waals surface area contributed by atoms with E-state index in [4.69, 9.17) is 0 Å². The van der Waals surface area contributed by atoms with Crippen molar-refractivity contribution in [3.05, 3.63) is 41.5 Å². The summed E-state index contributed by atoms with van der Waals surface area (Å²) in [5.74, 6) is -0.966. The number of phenols is 1. The van der Waals surface area contributed by atoms with E-state index in [0.29, 0.717) is 16.3 Å². The van der Waals surface area contributed by atoms with Gasteiger partial charge < -0.3 is 15.2 Å². The van der Waals surface area contributed by atoms with Crippen LogP contribution in [0.3, 0.4) is 0 Å². The molecule has 0 radical (unpaired) electrons. The van der Waals surface area contributed by atoms with Crippen LogP contribution >= 0.6 is 0 Å². The zero-order valence-electron chi connectivity index (χ0n) is 10.6. The highest BCUT2D eigenvalue weighted by molar-refractivity contribution is 6.10. The van der Waals surface area contributed by atoms with Gasteiger partial charge >= 0.3 is 5.97 Å². The van der Waals surface area contributed by atoms with Crippen LogP contribution in [0, 0.1) is 0 Å². The van der Waals surface area contributed by atoms with Crippen molar-refractivity contribution in [3.8, 4) is 5.75 Å². The largest absolute Gasteiger partial charge is 0.507 e. The van der Waals surface area contributed by atoms with Crippen molar-refractivity contribution in [2.75, 3.05) is 14.2 Å². The minimum atomic E-state index is -0.539. The standard InChI is InChI=1S/C14H13NO4/c1-15-13(17)10-5-3-4-8-6-9(14(18)19-2)7-11(16)12(8)10/h3-7,16H,1-2H3,(H,15,17). The van der Waals surface area contributed by atoms with Gasteiger partial charge in [0, 0.05) is 12.4 Å². The maximum Gasteiger partial charge on any atom is 0.338 e. The molecule has 2 aromatic carbocycles. The molecule has 0 unspecified atom stereocenters. The molecule has 0 saturated carbocycles. The SMILES string of the molecule is CNC(=O)c1cccc2cc(C(=O)OC)cc(O)c12. The van der Waals surface area contributed by atoms with Crippen molar-refractivity contribution in [2.24, 2.45) is 0 Å². The predicted molar refractivity (Wildman–Crippen MR) is 70.3 cm³/mol. The zero-order chi connectivity index (χ0) is 14.0. The zero-order valence-corrected chi connectivity index (χ0v) is 10.6. The molecule has 19 heavy (non-hydrogen) atoms. The number of hydrogen-bond donors (Lipinski definition) is 2. The maximum absolute atomic E-state index is 11.7. The number of carbonyl (C=O) groups is 2. The van der Waals surface area contributed by atoms with E-state index < -0.39 is 5.97 Å². The number of hydrogen-bond acceptors (Lipinski definition) is 4. The first kappa shape index (κ1) is 12.9. The van der Waals surface area contributed by atoms with Crippen molar-refractivity contribution >= 4 is 22.6 Å². The van der Waals surface area contributed by atoms with E-state index in [2.05, 4.69) is 10.1 Å². The fourth-order valence-corrected chi connectivity index (χ4v) is 1.96. The second-order valence-corrected chi connectivity index (χ2v) is 3.97. The molecule has 98 valence electrons. The monoisotopic (exact) mass is 259 g/mol. The molecule has 0 spiro atoms. The van der Waals surface area contributed by atoms with Crippen LogP contribution in [0.15, 0.2) is 30.3 Å². The van der Waals surface area contributed by atoms with Gasteiger partial charge in [0.15, 0.2) is 0 Å². The number of fused-ring (bicyclic) bond motifs is 1. The van der Waals surface area contributed by atoms with Gasteiger partial charge in [-0.05, 0) is 23.6 Å². The van der Waals surface area contributed by atoms with E-state index in [1.165, 1.54) is 20.2 Å². The smallest absolute Gasteiger partial charge is 0.338 e. The Morgan fingerprint density at radius 3 is 2.63 bits per heavy atom. The summed E-state index contributed by atoms with van der Waals surface area (Å²) in [7, 11) is 2.78. The van der Waals surface area contributed by atoms with Gasteiger partial charge in [-0.2, -0.15) is 0 Å². The number of aromatic hydroxyl groups is 1. The highest BCUT2D eigenvalue weighted by atomic mass is 16.5. The number of amides is 1. The first-order valence-electron chi connectivity index (χ1n) is 5.64. The molecule has 5 nitrogen and oxygen atoms in total. The lowest BCUT2D eigenvalue weighted by atomic mass is 10.0. The van der Waals surface area contributed by atoms with Gasteiger partial charge in [0.05, 0.1) is 18.2 Å². The van der Waals surface area contributed by atoms with Crippen LogP contribution in [-0.2, 0) is 4.74 Å². The fraction of sp³-hybridized carbons (Fsp3) is 0.143. The third-order valence-corrected chi connectivity index (χ3v) is 2.85. The van der Waals surface area contributed by atoms with Crippen molar-refractivity contribution in [1.29, 1.82) is 0 Å². The van der Waals surface area contributed by atoms with Gasteiger partial charge in [0.2, 0.25) is 0 Å². The lowest BCUT2D eigenvalue weighted by molar-refractivity contribution is 0.0600. The number of nitrogens with one attached hydrogen (secondary N) is 1. The first-order valence-corrected chi connectivity index (χ1v) is 5.64. The molecule has 2 N–H and O–H groups in total. The van der Waals surface area contributed by atoms with Crippen LogP contribution in [0.4, 0.5) is 0 Å². The van der Waals surface area contributed by atoms with Crippen molar-refractivity contribution in [3.63, 3.8) is 0 Å². The Morgan fingerprint density at radius 2 is 2.00 bits per heavy atom. The molecule has 0 aliphatic carbocycles. The summed E-state index contributed by atoms with van der Waals surface area (Å²) < 4.78 is 4.61. The molecular formula is C14H13NO4. The van der Waals surface area contributed by atoms with Crippen molar-refractivity contribution in [1.82, 2.24) is 5.32 Å². The van der Waals surface area contributed by atoms with Crippen molar-refractivity contribution < 1.29 is 19.4 Å². The highest BCUT2D eigenvalue weighted by Gasteiger charge is 2.15. The Bertz CT molecular complexity index is 664. The van der Waals surface area contributed by atoms with Gasteiger partial charge in [-0.25, -0.2) is 4.79 Å². The Morgan fingerprint density at radius 1 is 1.26 bits per heavy atom. The van der Waals surface area contributed by atoms with E-state index in [1.54, 1.807) is 24.3 Å². The summed E-state index contributed by atoms with van der Waals surface area (Å²) in [5.41, 5.74) is 0.593. The minimum Gasteiger partial charge on any atom is -0.507 e. The van der Waals surface area contributed by atoms with Gasteiger partial charge in [-0.15, -0.1) is 0 Å². The quantitative estimate of drug-likeness (QED) is 0.805. The van der Waals surface area contributed by atoms with Crippen molar-refractivity contribution in [2.45, 2.75) is 0 Å². The summed E-state index contributed by atoms with van der Waals surface area (Å²) in [5, 5.41) is 13.6. The first-order chi connectivity index (χ1) is 9.08.